The summed E-state index contributed by atoms with van der Waals surface area (Å²) in [5, 5.41) is 20.1. The standard InChI is InChI=1S/C8H9N3O2S/c12-7(13)5-1-2-6(3-5)10-8-11-9-4-14-8/h1-2,4-6H,3H2,(H,10,11)(H,12,13). The Bertz CT molecular complexity index is 349. The molecule has 0 saturated carbocycles. The number of anilines is 1. The van der Waals surface area contributed by atoms with Gasteiger partial charge in [0.2, 0.25) is 5.13 Å². The summed E-state index contributed by atoms with van der Waals surface area (Å²) in [5.74, 6) is -1.15. The Morgan fingerprint density at radius 1 is 1.64 bits per heavy atom. The van der Waals surface area contributed by atoms with Crippen molar-refractivity contribution in [2.75, 3.05) is 5.32 Å². The number of hydrogen-bond donors (Lipinski definition) is 2. The van der Waals surface area contributed by atoms with Crippen LogP contribution < -0.4 is 5.32 Å². The Hall–Kier alpha value is -1.43. The van der Waals surface area contributed by atoms with Crippen LogP contribution in [-0.2, 0) is 4.79 Å². The van der Waals surface area contributed by atoms with E-state index in [1.807, 2.05) is 6.08 Å². The van der Waals surface area contributed by atoms with Gasteiger partial charge in [-0.05, 0) is 6.42 Å². The van der Waals surface area contributed by atoms with Crippen LogP contribution in [0.15, 0.2) is 17.7 Å². The van der Waals surface area contributed by atoms with Gasteiger partial charge in [0.05, 0.1) is 5.92 Å². The van der Waals surface area contributed by atoms with Crippen molar-refractivity contribution in [1.29, 1.82) is 0 Å². The number of carboxylic acid groups (broad SMARTS) is 1. The Morgan fingerprint density at radius 2 is 2.50 bits per heavy atom. The summed E-state index contributed by atoms with van der Waals surface area (Å²) in [5.41, 5.74) is 1.63. The van der Waals surface area contributed by atoms with Gasteiger partial charge in [0, 0.05) is 6.04 Å². The van der Waals surface area contributed by atoms with E-state index in [9.17, 15) is 4.79 Å². The lowest BCUT2D eigenvalue weighted by Crippen LogP contribution is -2.18. The minimum atomic E-state index is -0.775. The predicted molar refractivity (Wildman–Crippen MR) is 52.2 cm³/mol. The average molecular weight is 211 g/mol. The summed E-state index contributed by atoms with van der Waals surface area (Å²) >= 11 is 1.40. The molecule has 14 heavy (non-hydrogen) atoms. The first-order chi connectivity index (χ1) is 6.75. The van der Waals surface area contributed by atoms with E-state index in [0.717, 1.165) is 5.13 Å². The molecule has 1 aromatic heterocycles. The van der Waals surface area contributed by atoms with Crippen LogP contribution in [0, 0.1) is 5.92 Å². The fourth-order valence-corrected chi connectivity index (χ4v) is 1.89. The number of carboxylic acids is 1. The zero-order valence-corrected chi connectivity index (χ0v) is 8.07. The molecule has 0 bridgehead atoms. The monoisotopic (exact) mass is 211 g/mol. The van der Waals surface area contributed by atoms with E-state index >= 15 is 0 Å². The molecule has 0 saturated heterocycles. The van der Waals surface area contributed by atoms with Crippen molar-refractivity contribution in [2.24, 2.45) is 5.92 Å². The number of hydrogen-bond acceptors (Lipinski definition) is 5. The minimum absolute atomic E-state index is 0.0593. The molecule has 1 aliphatic carbocycles. The van der Waals surface area contributed by atoms with Crippen molar-refractivity contribution >= 4 is 22.4 Å². The molecule has 2 atom stereocenters. The van der Waals surface area contributed by atoms with Crippen LogP contribution in [0.5, 0.6) is 0 Å². The smallest absolute Gasteiger partial charge is 0.310 e. The number of aliphatic carboxylic acids is 1. The lowest BCUT2D eigenvalue weighted by atomic mass is 10.1. The summed E-state index contributed by atoms with van der Waals surface area (Å²) in [7, 11) is 0. The van der Waals surface area contributed by atoms with E-state index in [-0.39, 0.29) is 12.0 Å². The third-order valence-electron chi connectivity index (χ3n) is 2.07. The van der Waals surface area contributed by atoms with Crippen LogP contribution in [0.1, 0.15) is 6.42 Å². The van der Waals surface area contributed by atoms with E-state index in [1.54, 1.807) is 11.6 Å². The third-order valence-corrected chi connectivity index (χ3v) is 2.69. The Labute approximate surface area is 84.5 Å². The van der Waals surface area contributed by atoms with Gasteiger partial charge in [-0.25, -0.2) is 0 Å². The van der Waals surface area contributed by atoms with Gasteiger partial charge in [-0.2, -0.15) is 0 Å². The highest BCUT2D eigenvalue weighted by molar-refractivity contribution is 7.13. The van der Waals surface area contributed by atoms with E-state index in [1.165, 1.54) is 11.3 Å². The average Bonchev–Trinajstić information content (AvgIpc) is 2.75. The minimum Gasteiger partial charge on any atom is -0.481 e. The number of nitrogens with zero attached hydrogens (tertiary/aromatic N) is 2. The largest absolute Gasteiger partial charge is 0.481 e. The van der Waals surface area contributed by atoms with Gasteiger partial charge in [0.15, 0.2) is 0 Å². The first-order valence-corrected chi connectivity index (χ1v) is 5.07. The van der Waals surface area contributed by atoms with E-state index in [2.05, 4.69) is 15.5 Å². The quantitative estimate of drug-likeness (QED) is 0.729. The number of carbonyl (C=O) groups is 1. The van der Waals surface area contributed by atoms with Gasteiger partial charge < -0.3 is 10.4 Å². The molecule has 74 valence electrons. The van der Waals surface area contributed by atoms with Gasteiger partial charge in [0.25, 0.3) is 0 Å². The van der Waals surface area contributed by atoms with Gasteiger partial charge in [0.1, 0.15) is 5.51 Å². The van der Waals surface area contributed by atoms with E-state index in [4.69, 9.17) is 5.11 Å². The molecule has 6 heteroatoms. The zero-order valence-electron chi connectivity index (χ0n) is 7.25. The fraction of sp³-hybridized carbons (Fsp3) is 0.375. The van der Waals surface area contributed by atoms with E-state index < -0.39 is 5.97 Å². The lowest BCUT2D eigenvalue weighted by molar-refractivity contribution is -0.140. The fourth-order valence-electron chi connectivity index (χ4n) is 1.38. The van der Waals surface area contributed by atoms with Gasteiger partial charge in [-0.15, -0.1) is 10.2 Å². The molecular formula is C8H9N3O2S. The van der Waals surface area contributed by atoms with Gasteiger partial charge in [-0.1, -0.05) is 23.5 Å². The van der Waals surface area contributed by atoms with Crippen molar-refractivity contribution in [3.63, 3.8) is 0 Å². The predicted octanol–water partition coefficient (Wildman–Crippen LogP) is 0.979. The Kier molecular flexibility index (Phi) is 2.45. The maximum Gasteiger partial charge on any atom is 0.310 e. The van der Waals surface area contributed by atoms with Crippen LogP contribution in [0.2, 0.25) is 0 Å². The molecule has 2 unspecified atom stereocenters. The molecule has 0 aromatic carbocycles. The first-order valence-electron chi connectivity index (χ1n) is 4.19. The number of rotatable bonds is 3. The lowest BCUT2D eigenvalue weighted by Gasteiger charge is -2.09. The Balaban J connectivity index is 1.92. The maximum atomic E-state index is 10.6. The zero-order chi connectivity index (χ0) is 9.97. The molecule has 5 nitrogen and oxygen atoms in total. The topological polar surface area (TPSA) is 75.1 Å². The molecule has 2 rings (SSSR count). The molecule has 0 fully saturated rings. The number of nitrogens with one attached hydrogen (secondary N) is 1. The second kappa shape index (κ2) is 3.75. The van der Waals surface area contributed by atoms with Crippen LogP contribution in [0.25, 0.3) is 0 Å². The van der Waals surface area contributed by atoms with Gasteiger partial charge >= 0.3 is 5.97 Å². The highest BCUT2D eigenvalue weighted by atomic mass is 32.1. The first kappa shape index (κ1) is 9.14. The molecule has 1 heterocycles. The van der Waals surface area contributed by atoms with Gasteiger partial charge in [-0.3, -0.25) is 4.79 Å². The van der Waals surface area contributed by atoms with Crippen molar-refractivity contribution in [2.45, 2.75) is 12.5 Å². The third kappa shape index (κ3) is 1.90. The molecule has 2 N–H and O–H groups in total. The second-order valence-electron chi connectivity index (χ2n) is 3.06. The molecule has 0 spiro atoms. The Morgan fingerprint density at radius 3 is 3.07 bits per heavy atom. The van der Waals surface area contributed by atoms with Crippen molar-refractivity contribution in [1.82, 2.24) is 10.2 Å². The molecule has 1 aliphatic rings. The molecule has 1 aromatic rings. The summed E-state index contributed by atoms with van der Waals surface area (Å²) in [6.07, 6.45) is 4.15. The molecular weight excluding hydrogens is 202 g/mol. The highest BCUT2D eigenvalue weighted by Crippen LogP contribution is 2.22. The molecule has 0 amide bonds. The summed E-state index contributed by atoms with van der Waals surface area (Å²) in [4.78, 5) is 10.6. The molecule has 0 radical (unpaired) electrons. The second-order valence-corrected chi connectivity index (χ2v) is 3.89. The van der Waals surface area contributed by atoms with E-state index in [0.29, 0.717) is 6.42 Å². The molecule has 0 aliphatic heterocycles. The highest BCUT2D eigenvalue weighted by Gasteiger charge is 2.24. The summed E-state index contributed by atoms with van der Waals surface area (Å²) in [6.45, 7) is 0. The number of aromatic nitrogens is 2. The van der Waals surface area contributed by atoms with Crippen molar-refractivity contribution in [3.8, 4) is 0 Å². The van der Waals surface area contributed by atoms with Crippen LogP contribution in [0.3, 0.4) is 0 Å². The summed E-state index contributed by atoms with van der Waals surface area (Å²) in [6, 6.07) is 0.0593. The van der Waals surface area contributed by atoms with Crippen LogP contribution >= 0.6 is 11.3 Å². The van der Waals surface area contributed by atoms with Crippen LogP contribution in [-0.4, -0.2) is 27.3 Å². The normalized spacial score (nSPS) is 25.1. The maximum absolute atomic E-state index is 10.6. The summed E-state index contributed by atoms with van der Waals surface area (Å²) < 4.78 is 0. The van der Waals surface area contributed by atoms with Crippen LogP contribution in [0.4, 0.5) is 5.13 Å². The van der Waals surface area contributed by atoms with Crippen molar-refractivity contribution < 1.29 is 9.90 Å². The van der Waals surface area contributed by atoms with Crippen molar-refractivity contribution in [3.05, 3.63) is 17.7 Å². The SMILES string of the molecule is O=C(O)C1C=CC(Nc2nncs2)C1.